The van der Waals surface area contributed by atoms with Crippen LogP contribution in [-0.4, -0.2) is 54.5 Å². The van der Waals surface area contributed by atoms with Gasteiger partial charge in [0.15, 0.2) is 5.78 Å². The summed E-state index contributed by atoms with van der Waals surface area (Å²) in [6, 6.07) is 0. The number of allylic oxidation sites excluding steroid dienone is 3. The van der Waals surface area contributed by atoms with Gasteiger partial charge in [0.1, 0.15) is 0 Å². The molecule has 0 radical (unpaired) electrons. The van der Waals surface area contributed by atoms with Crippen LogP contribution in [0.5, 0.6) is 0 Å². The fourth-order valence-electron chi connectivity index (χ4n) is 1.34. The Kier molecular flexibility index (Phi) is 9.81. The van der Waals surface area contributed by atoms with Gasteiger partial charge in [-0.15, -0.1) is 0 Å². The van der Waals surface area contributed by atoms with Crippen LogP contribution in [0.2, 0.25) is 0 Å². The number of aliphatic hydroxyl groups is 1. The van der Waals surface area contributed by atoms with Gasteiger partial charge < -0.3 is 15.3 Å². The average molecular weight is 254 g/mol. The molecule has 0 aromatic heterocycles. The van der Waals surface area contributed by atoms with Crippen LogP contribution in [0.1, 0.15) is 13.3 Å². The number of carbonyl (C=O) groups excluding carboxylic acids is 2. The molecule has 0 bridgehead atoms. The van der Waals surface area contributed by atoms with Gasteiger partial charge in [-0.25, -0.2) is 0 Å². The van der Waals surface area contributed by atoms with Gasteiger partial charge in [0.05, 0.1) is 13.2 Å². The van der Waals surface area contributed by atoms with E-state index in [-0.39, 0.29) is 24.8 Å². The van der Waals surface area contributed by atoms with E-state index >= 15 is 0 Å². The van der Waals surface area contributed by atoms with Crippen LogP contribution in [0.4, 0.5) is 0 Å². The second-order valence-electron chi connectivity index (χ2n) is 3.82. The zero-order chi connectivity index (χ0) is 13.8. The van der Waals surface area contributed by atoms with Crippen LogP contribution in [0.25, 0.3) is 0 Å². The Balaban J connectivity index is 4.02. The summed E-state index contributed by atoms with van der Waals surface area (Å²) in [4.78, 5) is 24.4. The van der Waals surface area contributed by atoms with E-state index in [9.17, 15) is 9.59 Å². The van der Waals surface area contributed by atoms with Gasteiger partial charge >= 0.3 is 0 Å². The monoisotopic (exact) mass is 254 g/mol. The van der Waals surface area contributed by atoms with E-state index < -0.39 is 0 Å². The number of ketones is 1. The van der Waals surface area contributed by atoms with E-state index in [1.165, 1.54) is 11.8 Å². The van der Waals surface area contributed by atoms with Gasteiger partial charge in [-0.05, 0) is 0 Å². The summed E-state index contributed by atoms with van der Waals surface area (Å²) < 4.78 is 0. The SMILES string of the molecule is C=C/C=C\CC(=O)CN(CCNCCO)C(C)=O. The Labute approximate surface area is 108 Å². The Morgan fingerprint density at radius 3 is 2.67 bits per heavy atom. The lowest BCUT2D eigenvalue weighted by Gasteiger charge is -2.20. The summed E-state index contributed by atoms with van der Waals surface area (Å²) in [5.74, 6) is -0.132. The van der Waals surface area contributed by atoms with Crippen molar-refractivity contribution in [1.29, 1.82) is 0 Å². The standard InChI is InChI=1S/C13H22N2O3/c1-3-4-5-6-13(18)11-15(12(2)17)9-7-14-8-10-16/h3-5,14,16H,1,6-11H2,2H3/b5-4-. The number of carbonyl (C=O) groups is 2. The van der Waals surface area contributed by atoms with Gasteiger partial charge in [-0.2, -0.15) is 0 Å². The number of amides is 1. The molecule has 5 heteroatoms. The molecule has 102 valence electrons. The third-order valence-corrected chi connectivity index (χ3v) is 2.28. The number of hydrogen-bond donors (Lipinski definition) is 2. The fraction of sp³-hybridized carbons (Fsp3) is 0.538. The summed E-state index contributed by atoms with van der Waals surface area (Å²) >= 11 is 0. The van der Waals surface area contributed by atoms with Gasteiger partial charge in [-0.1, -0.05) is 24.8 Å². The molecule has 0 aromatic carbocycles. The van der Waals surface area contributed by atoms with Crippen LogP contribution >= 0.6 is 0 Å². The van der Waals surface area contributed by atoms with Crippen molar-refractivity contribution < 1.29 is 14.7 Å². The van der Waals surface area contributed by atoms with Crippen molar-refractivity contribution >= 4 is 11.7 Å². The quantitative estimate of drug-likeness (QED) is 0.429. The second-order valence-corrected chi connectivity index (χ2v) is 3.82. The Bertz CT molecular complexity index is 301. The number of aliphatic hydroxyl groups excluding tert-OH is 1. The Hall–Kier alpha value is -1.46. The van der Waals surface area contributed by atoms with Crippen molar-refractivity contribution in [3.05, 3.63) is 24.8 Å². The molecule has 0 saturated carbocycles. The highest BCUT2D eigenvalue weighted by Gasteiger charge is 2.11. The van der Waals surface area contributed by atoms with Crippen LogP contribution < -0.4 is 5.32 Å². The minimum absolute atomic E-state index is 0.00884. The molecule has 2 N–H and O–H groups in total. The summed E-state index contributed by atoms with van der Waals surface area (Å²) in [5, 5.41) is 11.6. The van der Waals surface area contributed by atoms with Crippen molar-refractivity contribution in [3.63, 3.8) is 0 Å². The Morgan fingerprint density at radius 1 is 1.39 bits per heavy atom. The molecule has 0 saturated heterocycles. The smallest absolute Gasteiger partial charge is 0.219 e. The highest BCUT2D eigenvalue weighted by Crippen LogP contribution is 1.94. The zero-order valence-electron chi connectivity index (χ0n) is 10.9. The molecule has 0 rings (SSSR count). The van der Waals surface area contributed by atoms with E-state index in [4.69, 9.17) is 5.11 Å². The molecule has 1 amide bonds. The molecule has 0 unspecified atom stereocenters. The molecular formula is C13H22N2O3. The van der Waals surface area contributed by atoms with E-state index in [2.05, 4.69) is 11.9 Å². The number of nitrogens with zero attached hydrogens (tertiary/aromatic N) is 1. The minimum Gasteiger partial charge on any atom is -0.395 e. The summed E-state index contributed by atoms with van der Waals surface area (Å²) in [5.41, 5.74) is 0. The third-order valence-electron chi connectivity index (χ3n) is 2.28. The lowest BCUT2D eigenvalue weighted by molar-refractivity contribution is -0.133. The number of rotatable bonds is 10. The van der Waals surface area contributed by atoms with Gasteiger partial charge in [0, 0.05) is 33.0 Å². The molecule has 0 aliphatic heterocycles. The lowest BCUT2D eigenvalue weighted by atomic mass is 10.2. The van der Waals surface area contributed by atoms with Crippen molar-refractivity contribution in [3.8, 4) is 0 Å². The first-order valence-corrected chi connectivity index (χ1v) is 5.98. The van der Waals surface area contributed by atoms with Crippen LogP contribution in [0.15, 0.2) is 24.8 Å². The van der Waals surface area contributed by atoms with Crippen molar-refractivity contribution in [2.75, 3.05) is 32.8 Å². The van der Waals surface area contributed by atoms with E-state index in [0.717, 1.165) is 0 Å². The first-order chi connectivity index (χ1) is 8.61. The zero-order valence-corrected chi connectivity index (χ0v) is 10.9. The van der Waals surface area contributed by atoms with E-state index in [0.29, 0.717) is 26.1 Å². The molecule has 5 nitrogen and oxygen atoms in total. The van der Waals surface area contributed by atoms with E-state index in [1.54, 1.807) is 18.2 Å². The van der Waals surface area contributed by atoms with Crippen molar-refractivity contribution in [2.45, 2.75) is 13.3 Å². The molecular weight excluding hydrogens is 232 g/mol. The molecule has 0 aliphatic carbocycles. The summed E-state index contributed by atoms with van der Waals surface area (Å²) in [7, 11) is 0. The van der Waals surface area contributed by atoms with Crippen LogP contribution in [0, 0.1) is 0 Å². The van der Waals surface area contributed by atoms with Crippen LogP contribution in [-0.2, 0) is 9.59 Å². The predicted molar refractivity (Wildman–Crippen MR) is 71.2 cm³/mol. The van der Waals surface area contributed by atoms with Crippen molar-refractivity contribution in [2.24, 2.45) is 0 Å². The van der Waals surface area contributed by atoms with Crippen LogP contribution in [0.3, 0.4) is 0 Å². The first-order valence-electron chi connectivity index (χ1n) is 5.98. The summed E-state index contributed by atoms with van der Waals surface area (Å²) in [6.07, 6.45) is 5.34. The van der Waals surface area contributed by atoms with E-state index in [1.807, 2.05) is 0 Å². The van der Waals surface area contributed by atoms with Gasteiger partial charge in [-0.3, -0.25) is 9.59 Å². The molecule has 0 aliphatic rings. The predicted octanol–water partition coefficient (Wildman–Crippen LogP) is 0.118. The Morgan fingerprint density at radius 2 is 2.11 bits per heavy atom. The number of hydrogen-bond acceptors (Lipinski definition) is 4. The summed E-state index contributed by atoms with van der Waals surface area (Å²) in [6.45, 7) is 6.66. The second kappa shape index (κ2) is 10.7. The molecule has 18 heavy (non-hydrogen) atoms. The molecule has 0 heterocycles. The average Bonchev–Trinajstić information content (AvgIpc) is 2.33. The first kappa shape index (κ1) is 16.5. The van der Waals surface area contributed by atoms with Gasteiger partial charge in [0.2, 0.25) is 5.91 Å². The normalized spacial score (nSPS) is 10.6. The number of Topliss-reactive ketones (excluding diaryl/α,β-unsaturated/α-hetero) is 1. The lowest BCUT2D eigenvalue weighted by Crippen LogP contribution is -2.39. The van der Waals surface area contributed by atoms with Gasteiger partial charge in [0.25, 0.3) is 0 Å². The maximum Gasteiger partial charge on any atom is 0.219 e. The fourth-order valence-corrected chi connectivity index (χ4v) is 1.34. The highest BCUT2D eigenvalue weighted by molar-refractivity contribution is 5.86. The largest absolute Gasteiger partial charge is 0.395 e. The molecule has 0 atom stereocenters. The molecule has 0 fully saturated rings. The topological polar surface area (TPSA) is 69.6 Å². The van der Waals surface area contributed by atoms with Crippen molar-refractivity contribution in [1.82, 2.24) is 10.2 Å². The molecule has 0 spiro atoms. The minimum atomic E-state index is -0.123. The third kappa shape index (κ3) is 8.66. The maximum absolute atomic E-state index is 11.6. The number of nitrogens with one attached hydrogen (secondary N) is 1. The highest BCUT2D eigenvalue weighted by atomic mass is 16.3. The maximum atomic E-state index is 11.6. The molecule has 0 aromatic rings.